The molecule has 0 aromatic carbocycles. The van der Waals surface area contributed by atoms with Gasteiger partial charge >= 0.3 is 17.9 Å². The fourth-order valence-electron chi connectivity index (χ4n) is 7.90. The minimum Gasteiger partial charge on any atom is -0.477 e. The third kappa shape index (κ3) is 60.7. The van der Waals surface area contributed by atoms with E-state index in [1.807, 2.05) is 21.1 Å². The Balaban J connectivity index is 4.27. The van der Waals surface area contributed by atoms with Crippen LogP contribution in [0.4, 0.5) is 0 Å². The molecule has 0 rings (SSSR count). The predicted molar refractivity (Wildman–Crippen MR) is 336 cm³/mol. The summed E-state index contributed by atoms with van der Waals surface area (Å²) in [4.78, 5) is 37.5. The SMILES string of the molecule is CC/C=C\C/C=C\C/C=C\C/C=C\C/C=C\C/C=C\C/C=C\C/C=C\CCCCCCCCCCC(=O)OC(COC(=O)CCCCCCCCCC/C=C\C/C=C\C/C=C\C/C=C\CC)COC(OCC[N+](C)(C)C)C(=O)O. The Hall–Kier alpha value is -4.83. The first-order valence-electron chi connectivity index (χ1n) is 31.0. The standard InChI is InChI=1S/C70H113NO8/c1-6-8-10-12-14-16-18-20-22-24-26-28-29-30-31-32-33-34-35-36-37-38-39-41-43-45-47-49-51-53-55-57-59-61-68(73)79-66(65-78-70(69(74)75)76-63-62-71(3,4)5)64-77-67(72)60-58-56-54-52-50-48-46-44-42-40-27-25-23-21-19-17-15-13-11-9-7-2/h8-11,14-17,20-23,26-28,30-31,33-34,36-37,39-41,66,70H,6-7,12-13,18-19,24-25,29,32,35,38,42-65H2,1-5H3/p+1/b10-8-,11-9-,16-14-,17-15-,22-20-,23-21-,28-26-,31-30-,34-33-,37-36-,40-27-,41-39-. The second-order valence-corrected chi connectivity index (χ2v) is 21.2. The molecule has 2 unspecified atom stereocenters. The normalized spacial score (nSPS) is 13.8. The lowest BCUT2D eigenvalue weighted by atomic mass is 10.1. The number of ether oxygens (including phenoxy) is 4. The average molecular weight is 1100 g/mol. The van der Waals surface area contributed by atoms with Gasteiger partial charge < -0.3 is 28.5 Å². The van der Waals surface area contributed by atoms with Crippen molar-refractivity contribution in [2.45, 2.75) is 232 Å². The minimum atomic E-state index is -1.52. The molecule has 0 radical (unpaired) electrons. The van der Waals surface area contributed by atoms with Gasteiger partial charge in [-0.2, -0.15) is 0 Å². The Kier molecular flexibility index (Phi) is 55.7. The second-order valence-electron chi connectivity index (χ2n) is 21.2. The van der Waals surface area contributed by atoms with E-state index in [-0.39, 0.29) is 38.6 Å². The number of nitrogens with zero attached hydrogens (tertiary/aromatic N) is 1. The van der Waals surface area contributed by atoms with E-state index >= 15 is 0 Å². The Labute approximate surface area is 483 Å². The van der Waals surface area contributed by atoms with Crippen LogP contribution in [0.1, 0.15) is 219 Å². The molecule has 9 nitrogen and oxygen atoms in total. The average Bonchev–Trinajstić information content (AvgIpc) is 3.42. The lowest BCUT2D eigenvalue weighted by molar-refractivity contribution is -0.870. The van der Waals surface area contributed by atoms with Crippen molar-refractivity contribution in [2.24, 2.45) is 0 Å². The first kappa shape index (κ1) is 74.2. The summed E-state index contributed by atoms with van der Waals surface area (Å²) in [5.41, 5.74) is 0. The monoisotopic (exact) mass is 1100 g/mol. The van der Waals surface area contributed by atoms with Crippen LogP contribution in [0.5, 0.6) is 0 Å². The Bertz CT molecular complexity index is 1800. The van der Waals surface area contributed by atoms with Crippen molar-refractivity contribution in [1.29, 1.82) is 0 Å². The fraction of sp³-hybridized carbons (Fsp3) is 0.614. The zero-order valence-corrected chi connectivity index (χ0v) is 50.7. The summed E-state index contributed by atoms with van der Waals surface area (Å²) in [6.07, 6.45) is 83.5. The van der Waals surface area contributed by atoms with Crippen molar-refractivity contribution >= 4 is 17.9 Å². The molecule has 446 valence electrons. The van der Waals surface area contributed by atoms with Crippen molar-refractivity contribution in [3.05, 3.63) is 146 Å². The summed E-state index contributed by atoms with van der Waals surface area (Å²) < 4.78 is 22.9. The van der Waals surface area contributed by atoms with E-state index in [4.69, 9.17) is 18.9 Å². The predicted octanol–water partition coefficient (Wildman–Crippen LogP) is 18.8. The fourth-order valence-corrected chi connectivity index (χ4v) is 7.90. The van der Waals surface area contributed by atoms with Crippen LogP contribution in [-0.2, 0) is 33.3 Å². The number of quaternary nitrogens is 1. The van der Waals surface area contributed by atoms with E-state index in [1.165, 1.54) is 51.4 Å². The lowest BCUT2D eigenvalue weighted by Gasteiger charge is -2.25. The number of likely N-dealkylation sites (N-methyl/N-ethyl adjacent to an activating group) is 1. The lowest BCUT2D eigenvalue weighted by Crippen LogP contribution is -2.40. The topological polar surface area (TPSA) is 108 Å². The van der Waals surface area contributed by atoms with Crippen molar-refractivity contribution in [3.8, 4) is 0 Å². The number of rotatable bonds is 55. The van der Waals surface area contributed by atoms with Gasteiger partial charge in [0.05, 0.1) is 34.4 Å². The summed E-state index contributed by atoms with van der Waals surface area (Å²) in [6.45, 7) is 4.61. The van der Waals surface area contributed by atoms with Gasteiger partial charge in [-0.15, -0.1) is 0 Å². The van der Waals surface area contributed by atoms with Crippen LogP contribution >= 0.6 is 0 Å². The molecule has 0 saturated heterocycles. The number of carbonyl (C=O) groups excluding carboxylic acids is 2. The molecule has 0 aromatic heterocycles. The van der Waals surface area contributed by atoms with Crippen LogP contribution in [0.25, 0.3) is 0 Å². The van der Waals surface area contributed by atoms with Gasteiger partial charge in [-0.1, -0.05) is 237 Å². The molecule has 79 heavy (non-hydrogen) atoms. The van der Waals surface area contributed by atoms with Gasteiger partial charge in [0.15, 0.2) is 6.10 Å². The number of carboxylic acids is 1. The van der Waals surface area contributed by atoms with Crippen LogP contribution in [0.3, 0.4) is 0 Å². The van der Waals surface area contributed by atoms with Crippen LogP contribution in [0.2, 0.25) is 0 Å². The molecule has 0 saturated carbocycles. The smallest absolute Gasteiger partial charge is 0.361 e. The van der Waals surface area contributed by atoms with Gasteiger partial charge in [0.1, 0.15) is 13.2 Å². The largest absolute Gasteiger partial charge is 0.477 e. The van der Waals surface area contributed by atoms with Crippen molar-refractivity contribution in [2.75, 3.05) is 47.5 Å². The van der Waals surface area contributed by atoms with Gasteiger partial charge in [0.2, 0.25) is 0 Å². The zero-order chi connectivity index (χ0) is 57.6. The van der Waals surface area contributed by atoms with E-state index in [9.17, 15) is 19.5 Å². The minimum absolute atomic E-state index is 0.176. The Morgan fingerprint density at radius 3 is 1.01 bits per heavy atom. The number of unbranched alkanes of at least 4 members (excludes halogenated alkanes) is 16. The van der Waals surface area contributed by atoms with Crippen LogP contribution in [0.15, 0.2) is 146 Å². The second kappa shape index (κ2) is 59.3. The molecule has 1 N–H and O–H groups in total. The van der Waals surface area contributed by atoms with Gasteiger partial charge in [-0.3, -0.25) is 9.59 Å². The summed E-state index contributed by atoms with van der Waals surface area (Å²) in [5.74, 6) is -2.04. The van der Waals surface area contributed by atoms with Gasteiger partial charge in [-0.05, 0) is 116 Å². The van der Waals surface area contributed by atoms with Gasteiger partial charge in [0.25, 0.3) is 6.29 Å². The Morgan fingerprint density at radius 1 is 0.380 bits per heavy atom. The molecule has 0 amide bonds. The summed E-state index contributed by atoms with van der Waals surface area (Å²) >= 11 is 0. The van der Waals surface area contributed by atoms with Gasteiger partial charge in [-0.25, -0.2) is 4.79 Å². The molecule has 9 heteroatoms. The maximum Gasteiger partial charge on any atom is 0.361 e. The van der Waals surface area contributed by atoms with E-state index in [0.717, 1.165) is 135 Å². The maximum atomic E-state index is 12.9. The quantitative estimate of drug-likeness (QED) is 0.0211. The van der Waals surface area contributed by atoms with Gasteiger partial charge in [0, 0.05) is 12.8 Å². The molecular formula is C70H114NO8+. The number of hydrogen-bond donors (Lipinski definition) is 1. The molecule has 0 aliphatic heterocycles. The maximum absolute atomic E-state index is 12.9. The molecule has 0 aliphatic carbocycles. The highest BCUT2D eigenvalue weighted by molar-refractivity contribution is 5.71. The number of carbonyl (C=O) groups is 3. The molecule has 0 heterocycles. The van der Waals surface area contributed by atoms with E-state index < -0.39 is 24.3 Å². The van der Waals surface area contributed by atoms with E-state index in [0.29, 0.717) is 17.4 Å². The summed E-state index contributed by atoms with van der Waals surface area (Å²) in [5, 5.41) is 9.72. The first-order chi connectivity index (χ1) is 38.6. The summed E-state index contributed by atoms with van der Waals surface area (Å²) in [6, 6.07) is 0. The summed E-state index contributed by atoms with van der Waals surface area (Å²) in [7, 11) is 5.95. The molecule has 0 fully saturated rings. The van der Waals surface area contributed by atoms with E-state index in [1.54, 1.807) is 0 Å². The first-order valence-corrected chi connectivity index (χ1v) is 31.0. The van der Waals surface area contributed by atoms with Crippen molar-refractivity contribution in [1.82, 2.24) is 0 Å². The number of allylic oxidation sites excluding steroid dienone is 24. The zero-order valence-electron chi connectivity index (χ0n) is 50.7. The van der Waals surface area contributed by atoms with Crippen LogP contribution in [-0.4, -0.2) is 87.4 Å². The van der Waals surface area contributed by atoms with E-state index in [2.05, 4.69) is 160 Å². The number of carboxylic acid groups (broad SMARTS) is 1. The molecule has 0 bridgehead atoms. The highest BCUT2D eigenvalue weighted by Crippen LogP contribution is 2.15. The number of esters is 2. The van der Waals surface area contributed by atoms with Crippen molar-refractivity contribution in [3.63, 3.8) is 0 Å². The number of hydrogen-bond acceptors (Lipinski definition) is 7. The van der Waals surface area contributed by atoms with Crippen LogP contribution < -0.4 is 0 Å². The number of aliphatic carboxylic acids is 1. The highest BCUT2D eigenvalue weighted by atomic mass is 16.7. The third-order valence-corrected chi connectivity index (χ3v) is 12.6. The molecule has 0 aliphatic rings. The molecular weight excluding hydrogens is 983 g/mol. The van der Waals surface area contributed by atoms with Crippen LogP contribution in [0, 0.1) is 0 Å². The molecule has 0 spiro atoms. The molecule has 0 aromatic rings. The Morgan fingerprint density at radius 2 is 0.684 bits per heavy atom. The molecule has 2 atom stereocenters. The third-order valence-electron chi connectivity index (χ3n) is 12.6. The van der Waals surface area contributed by atoms with Crippen molar-refractivity contribution < 1.29 is 42.9 Å². The highest BCUT2D eigenvalue weighted by Gasteiger charge is 2.25.